The highest BCUT2D eigenvalue weighted by Crippen LogP contribution is 2.49. The normalized spacial score (nSPS) is 34.6. The van der Waals surface area contributed by atoms with Crippen LogP contribution in [0.4, 0.5) is 0 Å². The summed E-state index contributed by atoms with van der Waals surface area (Å²) in [7, 11) is 1.94. The lowest BCUT2D eigenvalue weighted by Gasteiger charge is -2.44. The molecule has 1 saturated carbocycles. The summed E-state index contributed by atoms with van der Waals surface area (Å²) in [6.07, 6.45) is 5.31. The van der Waals surface area contributed by atoms with Crippen LogP contribution < -0.4 is 0 Å². The predicted molar refractivity (Wildman–Crippen MR) is 65.7 cm³/mol. The van der Waals surface area contributed by atoms with Crippen LogP contribution in [-0.2, 0) is 23.7 Å². The molecule has 2 aliphatic rings. The standard InChI is InChI=1S/C14H17N3O/c1-14-6-10(7-15)12(18)5-11(14)4-3-9-8-17(2)16-13(9)14/h8,10-11H,3-6H2,1-2H3. The molecule has 0 saturated heterocycles. The van der Waals surface area contributed by atoms with Crippen molar-refractivity contribution in [3.8, 4) is 6.07 Å². The molecule has 0 amide bonds. The molecule has 2 aliphatic carbocycles. The van der Waals surface area contributed by atoms with Gasteiger partial charge >= 0.3 is 0 Å². The van der Waals surface area contributed by atoms with Crippen LogP contribution >= 0.6 is 0 Å². The molecule has 18 heavy (non-hydrogen) atoms. The van der Waals surface area contributed by atoms with Crippen molar-refractivity contribution in [1.82, 2.24) is 9.78 Å². The smallest absolute Gasteiger partial charge is 0.150 e. The minimum Gasteiger partial charge on any atom is -0.298 e. The number of carbonyl (C=O) groups excluding carboxylic acids is 1. The minimum atomic E-state index is -0.445. The van der Waals surface area contributed by atoms with Crippen molar-refractivity contribution >= 4 is 5.78 Å². The van der Waals surface area contributed by atoms with Crippen molar-refractivity contribution in [2.75, 3.05) is 0 Å². The van der Waals surface area contributed by atoms with Crippen LogP contribution in [0.1, 0.15) is 37.4 Å². The van der Waals surface area contributed by atoms with E-state index in [4.69, 9.17) is 5.26 Å². The van der Waals surface area contributed by atoms with Gasteiger partial charge in [0.05, 0.1) is 11.8 Å². The highest BCUT2D eigenvalue weighted by molar-refractivity contribution is 5.85. The molecule has 0 bridgehead atoms. The summed E-state index contributed by atoms with van der Waals surface area (Å²) in [5.41, 5.74) is 2.32. The Morgan fingerprint density at radius 1 is 1.61 bits per heavy atom. The molecule has 94 valence electrons. The van der Waals surface area contributed by atoms with Gasteiger partial charge < -0.3 is 0 Å². The third kappa shape index (κ3) is 1.43. The van der Waals surface area contributed by atoms with Crippen LogP contribution in [0.25, 0.3) is 0 Å². The molecule has 3 rings (SSSR count). The molecule has 1 aromatic rings. The zero-order valence-electron chi connectivity index (χ0n) is 10.8. The summed E-state index contributed by atoms with van der Waals surface area (Å²) in [6.45, 7) is 2.18. The molecule has 4 heteroatoms. The first kappa shape index (κ1) is 11.5. The molecule has 0 N–H and O–H groups in total. The van der Waals surface area contributed by atoms with Crippen LogP contribution in [-0.4, -0.2) is 15.6 Å². The van der Waals surface area contributed by atoms with Gasteiger partial charge in [-0.1, -0.05) is 6.92 Å². The fraction of sp³-hybridized carbons (Fsp3) is 0.643. The van der Waals surface area contributed by atoms with Crippen molar-refractivity contribution in [2.45, 2.75) is 38.0 Å². The fourth-order valence-electron chi connectivity index (χ4n) is 3.67. The van der Waals surface area contributed by atoms with Crippen LogP contribution in [0.3, 0.4) is 0 Å². The number of aryl methyl sites for hydroxylation is 2. The Morgan fingerprint density at radius 2 is 2.39 bits per heavy atom. The summed E-state index contributed by atoms with van der Waals surface area (Å²) >= 11 is 0. The highest BCUT2D eigenvalue weighted by atomic mass is 16.1. The Bertz CT molecular complexity index is 554. The monoisotopic (exact) mass is 243 g/mol. The van der Waals surface area contributed by atoms with Crippen molar-refractivity contribution in [2.24, 2.45) is 18.9 Å². The van der Waals surface area contributed by atoms with E-state index in [9.17, 15) is 4.79 Å². The summed E-state index contributed by atoms with van der Waals surface area (Å²) in [6, 6.07) is 2.17. The topological polar surface area (TPSA) is 58.7 Å². The lowest BCUT2D eigenvalue weighted by molar-refractivity contribution is -0.126. The average Bonchev–Trinajstić information content (AvgIpc) is 2.72. The number of carbonyl (C=O) groups is 1. The number of nitrogens with zero attached hydrogens (tertiary/aromatic N) is 3. The maximum Gasteiger partial charge on any atom is 0.150 e. The largest absolute Gasteiger partial charge is 0.298 e. The van der Waals surface area contributed by atoms with E-state index >= 15 is 0 Å². The van der Waals surface area contributed by atoms with Crippen LogP contribution in [0, 0.1) is 23.2 Å². The SMILES string of the molecule is Cn1cc2c(n1)C1(C)CC(C#N)C(=O)CC1CC2. The molecular formula is C14H17N3O. The Labute approximate surface area is 107 Å². The first-order valence-electron chi connectivity index (χ1n) is 6.50. The lowest BCUT2D eigenvalue weighted by atomic mass is 9.58. The second-order valence-corrected chi connectivity index (χ2v) is 5.89. The van der Waals surface area contributed by atoms with E-state index in [0.717, 1.165) is 18.5 Å². The zero-order chi connectivity index (χ0) is 12.9. The molecule has 0 aromatic carbocycles. The molecule has 3 unspecified atom stereocenters. The van der Waals surface area contributed by atoms with E-state index in [1.807, 2.05) is 11.7 Å². The van der Waals surface area contributed by atoms with Gasteiger partial charge in [-0.05, 0) is 30.7 Å². The summed E-state index contributed by atoms with van der Waals surface area (Å²) in [4.78, 5) is 11.9. The third-order valence-corrected chi connectivity index (χ3v) is 4.73. The van der Waals surface area contributed by atoms with Gasteiger partial charge in [0.15, 0.2) is 0 Å². The van der Waals surface area contributed by atoms with Gasteiger partial charge in [0, 0.05) is 25.1 Å². The number of hydrogen-bond acceptors (Lipinski definition) is 3. The molecule has 4 nitrogen and oxygen atoms in total. The third-order valence-electron chi connectivity index (χ3n) is 4.73. The molecular weight excluding hydrogens is 226 g/mol. The van der Waals surface area contributed by atoms with Crippen molar-refractivity contribution in [3.63, 3.8) is 0 Å². The van der Waals surface area contributed by atoms with Gasteiger partial charge in [-0.15, -0.1) is 0 Å². The molecule has 3 atom stereocenters. The first-order valence-corrected chi connectivity index (χ1v) is 6.50. The first-order chi connectivity index (χ1) is 8.54. The van der Waals surface area contributed by atoms with Gasteiger partial charge in [0.2, 0.25) is 0 Å². The molecule has 1 fully saturated rings. The number of fused-ring (bicyclic) bond motifs is 3. The molecule has 1 aromatic heterocycles. The van der Waals surface area contributed by atoms with E-state index in [1.165, 1.54) is 5.56 Å². The Kier molecular flexibility index (Phi) is 2.34. The maximum absolute atomic E-state index is 11.9. The number of Topliss-reactive ketones (excluding diaryl/α,β-unsaturated/α-hetero) is 1. The second-order valence-electron chi connectivity index (χ2n) is 5.89. The van der Waals surface area contributed by atoms with Crippen molar-refractivity contribution in [3.05, 3.63) is 17.5 Å². The van der Waals surface area contributed by atoms with Crippen molar-refractivity contribution in [1.29, 1.82) is 5.26 Å². The maximum atomic E-state index is 11.9. The van der Waals surface area contributed by atoms with E-state index in [0.29, 0.717) is 18.8 Å². The van der Waals surface area contributed by atoms with Crippen LogP contribution in [0.5, 0.6) is 0 Å². The predicted octanol–water partition coefficient (Wildman–Crippen LogP) is 1.74. The Morgan fingerprint density at radius 3 is 3.11 bits per heavy atom. The van der Waals surface area contributed by atoms with E-state index in [1.54, 1.807) is 0 Å². The van der Waals surface area contributed by atoms with Crippen molar-refractivity contribution < 1.29 is 4.79 Å². The van der Waals surface area contributed by atoms with Gasteiger partial charge in [-0.3, -0.25) is 9.48 Å². The van der Waals surface area contributed by atoms with Gasteiger partial charge in [-0.2, -0.15) is 10.4 Å². The van der Waals surface area contributed by atoms with E-state index in [-0.39, 0.29) is 11.2 Å². The van der Waals surface area contributed by atoms with Crippen LogP contribution in [0.2, 0.25) is 0 Å². The van der Waals surface area contributed by atoms with Gasteiger partial charge in [0.1, 0.15) is 11.7 Å². The number of hydrogen-bond donors (Lipinski definition) is 0. The number of aromatic nitrogens is 2. The molecule has 0 spiro atoms. The number of ketones is 1. The molecule has 1 heterocycles. The average molecular weight is 243 g/mol. The lowest BCUT2D eigenvalue weighted by Crippen LogP contribution is -2.45. The number of nitriles is 1. The quantitative estimate of drug-likeness (QED) is 0.697. The second kappa shape index (κ2) is 3.68. The van der Waals surface area contributed by atoms with Gasteiger partial charge in [-0.25, -0.2) is 0 Å². The summed E-state index contributed by atoms with van der Waals surface area (Å²) in [5, 5.41) is 13.7. The molecule has 0 radical (unpaired) electrons. The molecule has 0 aliphatic heterocycles. The minimum absolute atomic E-state index is 0.0941. The summed E-state index contributed by atoms with van der Waals surface area (Å²) < 4.78 is 1.86. The zero-order valence-corrected chi connectivity index (χ0v) is 10.8. The highest BCUT2D eigenvalue weighted by Gasteiger charge is 2.49. The number of rotatable bonds is 0. The Balaban J connectivity index is 2.06. The summed E-state index contributed by atoms with van der Waals surface area (Å²) in [5.74, 6) is 0.0376. The van der Waals surface area contributed by atoms with Gasteiger partial charge in [0.25, 0.3) is 0 Å². The van der Waals surface area contributed by atoms with E-state index < -0.39 is 5.92 Å². The van der Waals surface area contributed by atoms with E-state index in [2.05, 4.69) is 24.3 Å². The Hall–Kier alpha value is -1.63. The van der Waals surface area contributed by atoms with Crippen LogP contribution in [0.15, 0.2) is 6.20 Å². The fourth-order valence-corrected chi connectivity index (χ4v) is 3.67.